The summed E-state index contributed by atoms with van der Waals surface area (Å²) in [7, 11) is 0. The number of benzene rings is 2. The summed E-state index contributed by atoms with van der Waals surface area (Å²) < 4.78 is 24.4. The number of hydrogen-bond acceptors (Lipinski definition) is 6. The second-order valence-corrected chi connectivity index (χ2v) is 6.65. The molecule has 150 valence electrons. The zero-order valence-corrected chi connectivity index (χ0v) is 15.1. The Bertz CT molecular complexity index is 1010. The molecule has 2 amide bonds. The van der Waals surface area contributed by atoms with Crippen molar-refractivity contribution in [1.29, 1.82) is 0 Å². The van der Waals surface area contributed by atoms with Crippen molar-refractivity contribution in [2.24, 2.45) is 5.92 Å². The third-order valence-electron chi connectivity index (χ3n) is 4.74. The van der Waals surface area contributed by atoms with Crippen LogP contribution in [0.2, 0.25) is 0 Å². The Labute approximate surface area is 164 Å². The molecule has 0 bridgehead atoms. The zero-order valence-electron chi connectivity index (χ0n) is 15.1. The van der Waals surface area contributed by atoms with E-state index in [-0.39, 0.29) is 24.6 Å². The van der Waals surface area contributed by atoms with Crippen molar-refractivity contribution in [1.82, 2.24) is 0 Å². The highest BCUT2D eigenvalue weighted by atomic mass is 19.1. The van der Waals surface area contributed by atoms with Gasteiger partial charge in [-0.15, -0.1) is 0 Å². The second-order valence-electron chi connectivity index (χ2n) is 6.65. The minimum absolute atomic E-state index is 0.0104. The molecule has 10 heteroatoms. The van der Waals surface area contributed by atoms with E-state index in [0.29, 0.717) is 30.4 Å². The summed E-state index contributed by atoms with van der Waals surface area (Å²) in [5.41, 5.74) is -0.0523. The highest BCUT2D eigenvalue weighted by Gasteiger charge is 2.35. The van der Waals surface area contributed by atoms with E-state index >= 15 is 0 Å². The Morgan fingerprint density at radius 1 is 1.17 bits per heavy atom. The number of halogens is 1. The molecule has 0 unspecified atom stereocenters. The average molecular weight is 401 g/mol. The van der Waals surface area contributed by atoms with Gasteiger partial charge in [0.25, 0.3) is 0 Å². The van der Waals surface area contributed by atoms with Gasteiger partial charge in [-0.2, -0.15) is 4.39 Å². The van der Waals surface area contributed by atoms with E-state index in [4.69, 9.17) is 9.47 Å². The van der Waals surface area contributed by atoms with Gasteiger partial charge in [-0.05, 0) is 24.3 Å². The van der Waals surface area contributed by atoms with Crippen LogP contribution in [0.5, 0.6) is 11.5 Å². The average Bonchev–Trinajstić information content (AvgIpc) is 3.10. The van der Waals surface area contributed by atoms with Crippen LogP contribution in [0.25, 0.3) is 0 Å². The zero-order chi connectivity index (χ0) is 20.5. The van der Waals surface area contributed by atoms with E-state index in [2.05, 4.69) is 5.32 Å². The topological polar surface area (TPSA) is 111 Å². The first-order chi connectivity index (χ1) is 13.9. The van der Waals surface area contributed by atoms with Gasteiger partial charge < -0.3 is 19.7 Å². The van der Waals surface area contributed by atoms with E-state index in [9.17, 15) is 24.1 Å². The van der Waals surface area contributed by atoms with Crippen molar-refractivity contribution >= 4 is 28.9 Å². The van der Waals surface area contributed by atoms with Crippen molar-refractivity contribution in [3.63, 3.8) is 0 Å². The highest BCUT2D eigenvalue weighted by molar-refractivity contribution is 6.03. The maximum atomic E-state index is 13.4. The van der Waals surface area contributed by atoms with Crippen molar-refractivity contribution in [2.45, 2.75) is 6.42 Å². The molecule has 1 atom stereocenters. The monoisotopic (exact) mass is 401 g/mol. The standard InChI is InChI=1S/C19H16FN3O6/c20-14-3-1-12(8-15(14)23(26)27)21-19(25)11-7-18(24)22(10-11)13-2-4-16-17(9-13)29-6-5-28-16/h1-4,8-9,11H,5-7,10H2,(H,21,25)/t11-/m1/s1. The number of fused-ring (bicyclic) bond motifs is 1. The first-order valence-corrected chi connectivity index (χ1v) is 8.87. The van der Waals surface area contributed by atoms with Gasteiger partial charge in [0.15, 0.2) is 11.5 Å². The molecule has 0 aromatic heterocycles. The Kier molecular flexibility index (Phi) is 4.75. The molecule has 4 rings (SSSR count). The molecule has 0 saturated carbocycles. The number of nitro groups is 1. The first-order valence-electron chi connectivity index (χ1n) is 8.87. The third kappa shape index (κ3) is 3.68. The van der Waals surface area contributed by atoms with Crippen LogP contribution in [0.1, 0.15) is 6.42 Å². The number of carbonyl (C=O) groups is 2. The smallest absolute Gasteiger partial charge is 0.306 e. The van der Waals surface area contributed by atoms with Crippen LogP contribution < -0.4 is 19.7 Å². The van der Waals surface area contributed by atoms with Crippen LogP contribution in [0.3, 0.4) is 0 Å². The van der Waals surface area contributed by atoms with Crippen LogP contribution in [-0.4, -0.2) is 36.5 Å². The van der Waals surface area contributed by atoms with Gasteiger partial charge in [0, 0.05) is 36.5 Å². The predicted molar refractivity (Wildman–Crippen MR) is 99.6 cm³/mol. The largest absolute Gasteiger partial charge is 0.486 e. The third-order valence-corrected chi connectivity index (χ3v) is 4.74. The molecule has 1 fully saturated rings. The van der Waals surface area contributed by atoms with Crippen molar-refractivity contribution in [2.75, 3.05) is 30.0 Å². The molecule has 29 heavy (non-hydrogen) atoms. The predicted octanol–water partition coefficient (Wildman–Crippen LogP) is 2.50. The van der Waals surface area contributed by atoms with Gasteiger partial charge in [-0.3, -0.25) is 19.7 Å². The van der Waals surface area contributed by atoms with Gasteiger partial charge >= 0.3 is 5.69 Å². The molecule has 2 aliphatic rings. The van der Waals surface area contributed by atoms with Gasteiger partial charge in [-0.25, -0.2) is 0 Å². The van der Waals surface area contributed by atoms with Gasteiger partial charge in [0.1, 0.15) is 13.2 Å². The number of carbonyl (C=O) groups excluding carboxylic acids is 2. The number of anilines is 2. The molecule has 2 aromatic rings. The summed E-state index contributed by atoms with van der Waals surface area (Å²) in [6.07, 6.45) is -0.0104. The number of ether oxygens (including phenoxy) is 2. The van der Waals surface area contributed by atoms with Crippen LogP contribution in [0.4, 0.5) is 21.5 Å². The summed E-state index contributed by atoms with van der Waals surface area (Å²) >= 11 is 0. The van der Waals surface area contributed by atoms with E-state index in [0.717, 1.165) is 12.1 Å². The number of rotatable bonds is 4. The van der Waals surface area contributed by atoms with E-state index in [1.807, 2.05) is 0 Å². The summed E-state index contributed by atoms with van der Waals surface area (Å²) in [5.74, 6) is -1.22. The fourth-order valence-corrected chi connectivity index (χ4v) is 3.31. The molecule has 2 aromatic carbocycles. The fraction of sp³-hybridized carbons (Fsp3) is 0.263. The van der Waals surface area contributed by atoms with Crippen LogP contribution >= 0.6 is 0 Å². The molecule has 0 radical (unpaired) electrons. The molecule has 9 nitrogen and oxygen atoms in total. The Morgan fingerprint density at radius 2 is 1.93 bits per heavy atom. The van der Waals surface area contributed by atoms with E-state index < -0.39 is 28.3 Å². The lowest BCUT2D eigenvalue weighted by Gasteiger charge is -2.22. The lowest BCUT2D eigenvalue weighted by molar-refractivity contribution is -0.387. The van der Waals surface area contributed by atoms with Gasteiger partial charge in [0.05, 0.1) is 10.8 Å². The van der Waals surface area contributed by atoms with Crippen LogP contribution in [-0.2, 0) is 9.59 Å². The summed E-state index contributed by atoms with van der Waals surface area (Å²) in [6, 6.07) is 8.21. The SMILES string of the molecule is O=C(Nc1ccc(F)c([N+](=O)[O-])c1)[C@@H]1CC(=O)N(c2ccc3c(c2)OCCO3)C1. The van der Waals surface area contributed by atoms with Crippen molar-refractivity contribution in [3.05, 3.63) is 52.3 Å². The maximum absolute atomic E-state index is 13.4. The maximum Gasteiger partial charge on any atom is 0.306 e. The fourth-order valence-electron chi connectivity index (χ4n) is 3.31. The van der Waals surface area contributed by atoms with Crippen molar-refractivity contribution < 1.29 is 28.4 Å². The van der Waals surface area contributed by atoms with E-state index in [1.54, 1.807) is 18.2 Å². The number of amides is 2. The van der Waals surface area contributed by atoms with Crippen LogP contribution in [0.15, 0.2) is 36.4 Å². The number of nitrogens with one attached hydrogen (secondary N) is 1. The minimum Gasteiger partial charge on any atom is -0.486 e. The quantitative estimate of drug-likeness (QED) is 0.622. The summed E-state index contributed by atoms with van der Waals surface area (Å²) in [5, 5.41) is 13.4. The summed E-state index contributed by atoms with van der Waals surface area (Å²) in [6.45, 7) is 1.02. The molecule has 0 spiro atoms. The van der Waals surface area contributed by atoms with E-state index in [1.165, 1.54) is 11.0 Å². The lowest BCUT2D eigenvalue weighted by atomic mass is 10.1. The molecule has 2 aliphatic heterocycles. The van der Waals surface area contributed by atoms with Crippen molar-refractivity contribution in [3.8, 4) is 11.5 Å². The van der Waals surface area contributed by atoms with Crippen LogP contribution in [0, 0.1) is 21.8 Å². The number of nitrogens with zero attached hydrogens (tertiary/aromatic N) is 2. The lowest BCUT2D eigenvalue weighted by Crippen LogP contribution is -2.28. The first kappa shape index (κ1) is 18.7. The molecule has 1 saturated heterocycles. The number of hydrogen-bond donors (Lipinski definition) is 1. The Balaban J connectivity index is 1.47. The molecular formula is C19H16FN3O6. The Hall–Kier alpha value is -3.69. The molecular weight excluding hydrogens is 385 g/mol. The van der Waals surface area contributed by atoms with Gasteiger partial charge in [0.2, 0.25) is 17.6 Å². The Morgan fingerprint density at radius 3 is 2.69 bits per heavy atom. The second kappa shape index (κ2) is 7.38. The molecule has 2 heterocycles. The highest BCUT2D eigenvalue weighted by Crippen LogP contribution is 2.36. The number of nitro benzene ring substituents is 1. The normalized spacial score (nSPS) is 17.9. The van der Waals surface area contributed by atoms with Gasteiger partial charge in [-0.1, -0.05) is 0 Å². The molecule has 1 N–H and O–H groups in total. The minimum atomic E-state index is -0.992. The summed E-state index contributed by atoms with van der Waals surface area (Å²) in [4.78, 5) is 36.4. The molecule has 0 aliphatic carbocycles.